The Balaban J connectivity index is 1.74. The van der Waals surface area contributed by atoms with Crippen LogP contribution in [0.4, 0.5) is 13.2 Å². The molecule has 0 unspecified atom stereocenters. The summed E-state index contributed by atoms with van der Waals surface area (Å²) in [5.41, 5.74) is 0. The van der Waals surface area contributed by atoms with Gasteiger partial charge in [-0.1, -0.05) is 6.42 Å². The van der Waals surface area contributed by atoms with Gasteiger partial charge >= 0.3 is 6.18 Å². The monoisotopic (exact) mass is 307 g/mol. The van der Waals surface area contributed by atoms with Crippen LogP contribution in [0.15, 0.2) is 0 Å². The van der Waals surface area contributed by atoms with Crippen molar-refractivity contribution in [1.82, 2.24) is 15.1 Å². The number of carbonyl (C=O) groups is 1. The van der Waals surface area contributed by atoms with Gasteiger partial charge in [-0.15, -0.1) is 0 Å². The van der Waals surface area contributed by atoms with E-state index in [1.165, 1.54) is 19.3 Å². The number of hydrogen-bond acceptors (Lipinski definition) is 3. The van der Waals surface area contributed by atoms with Crippen molar-refractivity contribution in [3.63, 3.8) is 0 Å². The molecule has 21 heavy (non-hydrogen) atoms. The van der Waals surface area contributed by atoms with Crippen LogP contribution in [0.3, 0.4) is 0 Å². The molecule has 0 bridgehead atoms. The lowest BCUT2D eigenvalue weighted by Crippen LogP contribution is -2.47. The molecular weight excluding hydrogens is 283 g/mol. The van der Waals surface area contributed by atoms with Gasteiger partial charge in [0.15, 0.2) is 0 Å². The van der Waals surface area contributed by atoms with E-state index in [2.05, 4.69) is 4.90 Å². The fraction of sp³-hybridized carbons (Fsp3) is 0.929. The van der Waals surface area contributed by atoms with Gasteiger partial charge in [-0.05, 0) is 45.3 Å². The molecule has 2 aliphatic rings. The molecule has 0 radical (unpaired) electrons. The Morgan fingerprint density at radius 2 is 1.81 bits per heavy atom. The molecule has 2 rings (SSSR count). The zero-order valence-electron chi connectivity index (χ0n) is 12.3. The van der Waals surface area contributed by atoms with E-state index in [-0.39, 0.29) is 6.54 Å². The minimum absolute atomic E-state index is 0.0780. The van der Waals surface area contributed by atoms with Gasteiger partial charge in [-0.25, -0.2) is 0 Å². The van der Waals surface area contributed by atoms with Gasteiger partial charge < -0.3 is 10.2 Å². The second-order valence-corrected chi connectivity index (χ2v) is 6.02. The first-order valence-corrected chi connectivity index (χ1v) is 7.74. The molecule has 2 saturated heterocycles. The Kier molecular flexibility index (Phi) is 5.87. The summed E-state index contributed by atoms with van der Waals surface area (Å²) in [6.07, 6.45) is 1.43. The molecule has 0 spiro atoms. The number of amides is 1. The van der Waals surface area contributed by atoms with E-state index in [1.54, 1.807) is 0 Å². The standard InChI is InChI=1S/C14H24F3N3O/c15-14(16,17)11-18-13(21)10-20-8-4-5-12(20)9-19-6-2-1-3-7-19/h12H,1-11H2,(H,18,21)/t12-/m1/s1. The first-order valence-electron chi connectivity index (χ1n) is 7.74. The van der Waals surface area contributed by atoms with Gasteiger partial charge in [0.1, 0.15) is 6.54 Å². The van der Waals surface area contributed by atoms with Crippen molar-refractivity contribution in [3.05, 3.63) is 0 Å². The zero-order chi connectivity index (χ0) is 15.3. The summed E-state index contributed by atoms with van der Waals surface area (Å²) in [7, 11) is 0. The van der Waals surface area contributed by atoms with Gasteiger partial charge in [0.25, 0.3) is 0 Å². The first kappa shape index (κ1) is 16.5. The Labute approximate surface area is 123 Å². The van der Waals surface area contributed by atoms with Crippen LogP contribution in [0.2, 0.25) is 0 Å². The van der Waals surface area contributed by atoms with E-state index in [0.717, 1.165) is 39.0 Å². The second kappa shape index (κ2) is 7.45. The van der Waals surface area contributed by atoms with Crippen LogP contribution < -0.4 is 5.32 Å². The fourth-order valence-corrected chi connectivity index (χ4v) is 3.19. The molecule has 0 saturated carbocycles. The maximum absolute atomic E-state index is 12.1. The van der Waals surface area contributed by atoms with Crippen LogP contribution in [0, 0.1) is 0 Å². The molecule has 1 amide bonds. The average molecular weight is 307 g/mol. The molecule has 4 nitrogen and oxygen atoms in total. The lowest BCUT2D eigenvalue weighted by molar-refractivity contribution is -0.139. The summed E-state index contributed by atoms with van der Waals surface area (Å²) in [6.45, 7) is 2.78. The molecule has 2 aliphatic heterocycles. The highest BCUT2D eigenvalue weighted by molar-refractivity contribution is 5.78. The predicted octanol–water partition coefficient (Wildman–Crippen LogP) is 1.62. The van der Waals surface area contributed by atoms with Gasteiger partial charge in [-0.2, -0.15) is 13.2 Å². The summed E-state index contributed by atoms with van der Waals surface area (Å²) in [5.74, 6) is -0.530. The van der Waals surface area contributed by atoms with Crippen molar-refractivity contribution in [2.75, 3.05) is 39.3 Å². The smallest absolute Gasteiger partial charge is 0.346 e. The summed E-state index contributed by atoms with van der Waals surface area (Å²) in [5, 5.41) is 1.95. The molecular formula is C14H24F3N3O. The van der Waals surface area contributed by atoms with Crippen LogP contribution in [0.1, 0.15) is 32.1 Å². The van der Waals surface area contributed by atoms with E-state index in [4.69, 9.17) is 0 Å². The van der Waals surface area contributed by atoms with Crippen molar-refractivity contribution < 1.29 is 18.0 Å². The van der Waals surface area contributed by atoms with E-state index in [0.29, 0.717) is 6.04 Å². The third kappa shape index (κ3) is 5.82. The number of nitrogens with one attached hydrogen (secondary N) is 1. The van der Waals surface area contributed by atoms with Gasteiger partial charge in [0.05, 0.1) is 6.54 Å². The lowest BCUT2D eigenvalue weighted by atomic mass is 10.1. The third-order valence-electron chi connectivity index (χ3n) is 4.25. The van der Waals surface area contributed by atoms with Gasteiger partial charge in [0, 0.05) is 12.6 Å². The highest BCUT2D eigenvalue weighted by atomic mass is 19.4. The predicted molar refractivity (Wildman–Crippen MR) is 74.0 cm³/mol. The molecule has 0 aromatic carbocycles. The molecule has 1 atom stereocenters. The highest BCUT2D eigenvalue weighted by Gasteiger charge is 2.31. The molecule has 122 valence electrons. The highest BCUT2D eigenvalue weighted by Crippen LogP contribution is 2.20. The molecule has 2 fully saturated rings. The topological polar surface area (TPSA) is 35.6 Å². The maximum atomic E-state index is 12.1. The van der Waals surface area contributed by atoms with E-state index < -0.39 is 18.6 Å². The second-order valence-electron chi connectivity index (χ2n) is 6.02. The van der Waals surface area contributed by atoms with Gasteiger partial charge in [-0.3, -0.25) is 9.69 Å². The zero-order valence-corrected chi connectivity index (χ0v) is 12.3. The Bertz CT molecular complexity index is 343. The van der Waals surface area contributed by atoms with Crippen LogP contribution in [0.5, 0.6) is 0 Å². The largest absolute Gasteiger partial charge is 0.405 e. The minimum Gasteiger partial charge on any atom is -0.346 e. The van der Waals surface area contributed by atoms with Gasteiger partial charge in [0.2, 0.25) is 5.91 Å². The maximum Gasteiger partial charge on any atom is 0.405 e. The minimum atomic E-state index is -4.34. The number of alkyl halides is 3. The van der Waals surface area contributed by atoms with E-state index in [9.17, 15) is 18.0 Å². The van der Waals surface area contributed by atoms with Crippen LogP contribution >= 0.6 is 0 Å². The van der Waals surface area contributed by atoms with E-state index >= 15 is 0 Å². The van der Waals surface area contributed by atoms with Crippen molar-refractivity contribution >= 4 is 5.91 Å². The average Bonchev–Trinajstić information content (AvgIpc) is 2.84. The lowest BCUT2D eigenvalue weighted by Gasteiger charge is -2.32. The number of hydrogen-bond donors (Lipinski definition) is 1. The van der Waals surface area contributed by atoms with Crippen LogP contribution in [-0.2, 0) is 4.79 Å². The number of likely N-dealkylation sites (tertiary alicyclic amines) is 2. The Hall–Kier alpha value is -0.820. The van der Waals surface area contributed by atoms with Crippen LogP contribution in [0.25, 0.3) is 0 Å². The number of nitrogens with zero attached hydrogens (tertiary/aromatic N) is 2. The summed E-state index contributed by atoms with van der Waals surface area (Å²) in [6, 6.07) is 0.305. The molecule has 7 heteroatoms. The molecule has 1 N–H and O–H groups in total. The van der Waals surface area contributed by atoms with Crippen molar-refractivity contribution in [1.29, 1.82) is 0 Å². The quantitative estimate of drug-likeness (QED) is 0.838. The number of rotatable bonds is 5. The molecule has 0 aromatic rings. The third-order valence-corrected chi connectivity index (χ3v) is 4.25. The van der Waals surface area contributed by atoms with E-state index in [1.807, 2.05) is 10.2 Å². The first-order chi connectivity index (χ1) is 9.94. The number of halogens is 3. The Morgan fingerprint density at radius 3 is 2.48 bits per heavy atom. The fourth-order valence-electron chi connectivity index (χ4n) is 3.19. The number of carbonyl (C=O) groups excluding carboxylic acids is 1. The number of piperidine rings is 1. The van der Waals surface area contributed by atoms with Crippen molar-refractivity contribution in [3.8, 4) is 0 Å². The molecule has 0 aromatic heterocycles. The van der Waals surface area contributed by atoms with Crippen LogP contribution in [-0.4, -0.2) is 67.2 Å². The van der Waals surface area contributed by atoms with Crippen molar-refractivity contribution in [2.24, 2.45) is 0 Å². The Morgan fingerprint density at radius 1 is 1.10 bits per heavy atom. The molecule has 0 aliphatic carbocycles. The SMILES string of the molecule is O=C(CN1CCC[C@@H]1CN1CCCCC1)NCC(F)(F)F. The summed E-state index contributed by atoms with van der Waals surface area (Å²) in [4.78, 5) is 16.1. The molecule has 2 heterocycles. The normalized spacial score (nSPS) is 25.2. The summed E-state index contributed by atoms with van der Waals surface area (Å²) < 4.78 is 36.2. The van der Waals surface area contributed by atoms with Crippen molar-refractivity contribution in [2.45, 2.75) is 44.3 Å². The summed E-state index contributed by atoms with van der Waals surface area (Å²) >= 11 is 0.